The van der Waals surface area contributed by atoms with Crippen LogP contribution in [0, 0.1) is 19.7 Å². The Balaban J connectivity index is 3.56. The molecule has 1 aromatic carbocycles. The Morgan fingerprint density at radius 3 is 2.29 bits per heavy atom. The third-order valence-electron chi connectivity index (χ3n) is 2.35. The maximum atomic E-state index is 13.4. The van der Waals surface area contributed by atoms with Crippen molar-refractivity contribution in [3.05, 3.63) is 33.0 Å². The standard InChI is InChI=1S/C11H14BrFO/c1-6-5-8(13)10(12)9(7(6)2)11(3,4)14/h5,14H,1-4H3. The molecule has 1 nitrogen and oxygen atoms in total. The Labute approximate surface area is 92.1 Å². The largest absolute Gasteiger partial charge is 0.386 e. The molecule has 0 fully saturated rings. The van der Waals surface area contributed by atoms with Gasteiger partial charge in [-0.05, 0) is 60.8 Å². The second-order valence-corrected chi connectivity index (χ2v) is 4.84. The molecule has 0 radical (unpaired) electrons. The Kier molecular flexibility index (Phi) is 3.02. The van der Waals surface area contributed by atoms with Crippen molar-refractivity contribution in [1.29, 1.82) is 0 Å². The molecule has 78 valence electrons. The predicted octanol–water partition coefficient (Wildman–Crippen LogP) is 3.43. The van der Waals surface area contributed by atoms with Gasteiger partial charge in [-0.1, -0.05) is 0 Å². The topological polar surface area (TPSA) is 20.2 Å². The number of aliphatic hydroxyl groups is 1. The lowest BCUT2D eigenvalue weighted by molar-refractivity contribution is 0.0766. The van der Waals surface area contributed by atoms with Crippen molar-refractivity contribution in [3.8, 4) is 0 Å². The van der Waals surface area contributed by atoms with Gasteiger partial charge < -0.3 is 5.11 Å². The zero-order valence-electron chi connectivity index (χ0n) is 8.78. The lowest BCUT2D eigenvalue weighted by atomic mass is 9.91. The molecule has 0 atom stereocenters. The summed E-state index contributed by atoms with van der Waals surface area (Å²) in [5.74, 6) is -0.328. The molecule has 0 saturated heterocycles. The van der Waals surface area contributed by atoms with Gasteiger partial charge in [0.2, 0.25) is 0 Å². The molecule has 1 N–H and O–H groups in total. The minimum Gasteiger partial charge on any atom is -0.386 e. The highest BCUT2D eigenvalue weighted by Gasteiger charge is 2.24. The van der Waals surface area contributed by atoms with Gasteiger partial charge in [0.1, 0.15) is 5.82 Å². The van der Waals surface area contributed by atoms with Gasteiger partial charge in [-0.3, -0.25) is 0 Å². The van der Waals surface area contributed by atoms with Gasteiger partial charge in [0.25, 0.3) is 0 Å². The van der Waals surface area contributed by atoms with Crippen molar-refractivity contribution in [2.75, 3.05) is 0 Å². The number of hydrogen-bond acceptors (Lipinski definition) is 1. The maximum Gasteiger partial charge on any atom is 0.138 e. The number of hydrogen-bond donors (Lipinski definition) is 1. The van der Waals surface area contributed by atoms with Crippen LogP contribution >= 0.6 is 15.9 Å². The molecule has 0 spiro atoms. The molecular formula is C11H14BrFO. The van der Waals surface area contributed by atoms with E-state index in [1.54, 1.807) is 13.8 Å². The first-order valence-corrected chi connectivity index (χ1v) is 5.22. The van der Waals surface area contributed by atoms with Crippen LogP contribution in [0.25, 0.3) is 0 Å². The Morgan fingerprint density at radius 1 is 1.36 bits per heavy atom. The fourth-order valence-electron chi connectivity index (χ4n) is 1.57. The van der Waals surface area contributed by atoms with Crippen molar-refractivity contribution in [1.82, 2.24) is 0 Å². The smallest absolute Gasteiger partial charge is 0.138 e. The number of benzene rings is 1. The molecule has 0 aliphatic rings. The summed E-state index contributed by atoms with van der Waals surface area (Å²) < 4.78 is 13.7. The number of aryl methyl sites for hydroxylation is 1. The minimum absolute atomic E-state index is 0.328. The third-order valence-corrected chi connectivity index (χ3v) is 3.13. The summed E-state index contributed by atoms with van der Waals surface area (Å²) in [6.45, 7) is 7.02. The van der Waals surface area contributed by atoms with Crippen molar-refractivity contribution < 1.29 is 9.50 Å². The average molecular weight is 261 g/mol. The molecule has 14 heavy (non-hydrogen) atoms. The quantitative estimate of drug-likeness (QED) is 0.821. The normalized spacial score (nSPS) is 11.9. The van der Waals surface area contributed by atoms with E-state index in [4.69, 9.17) is 0 Å². The van der Waals surface area contributed by atoms with Crippen molar-refractivity contribution in [2.24, 2.45) is 0 Å². The predicted molar refractivity (Wildman–Crippen MR) is 58.8 cm³/mol. The van der Waals surface area contributed by atoms with E-state index < -0.39 is 5.60 Å². The summed E-state index contributed by atoms with van der Waals surface area (Å²) in [6.07, 6.45) is 0. The van der Waals surface area contributed by atoms with Gasteiger partial charge in [-0.15, -0.1) is 0 Å². The van der Waals surface area contributed by atoms with Crippen molar-refractivity contribution in [3.63, 3.8) is 0 Å². The van der Waals surface area contributed by atoms with Crippen LogP contribution in [0.5, 0.6) is 0 Å². The Bertz CT molecular complexity index is 340. The second-order valence-electron chi connectivity index (χ2n) is 4.05. The molecule has 0 bridgehead atoms. The van der Waals surface area contributed by atoms with E-state index in [0.717, 1.165) is 11.1 Å². The van der Waals surface area contributed by atoms with E-state index in [0.29, 0.717) is 10.0 Å². The van der Waals surface area contributed by atoms with E-state index in [-0.39, 0.29) is 5.82 Å². The fraction of sp³-hybridized carbons (Fsp3) is 0.455. The first-order chi connectivity index (χ1) is 6.25. The average Bonchev–Trinajstić information content (AvgIpc) is 1.98. The van der Waals surface area contributed by atoms with E-state index in [9.17, 15) is 9.50 Å². The van der Waals surface area contributed by atoms with Gasteiger partial charge in [0.05, 0.1) is 10.1 Å². The zero-order valence-corrected chi connectivity index (χ0v) is 10.4. The molecule has 0 amide bonds. The highest BCUT2D eigenvalue weighted by molar-refractivity contribution is 9.10. The third kappa shape index (κ3) is 1.98. The van der Waals surface area contributed by atoms with Crippen LogP contribution in [0.15, 0.2) is 10.5 Å². The Hall–Kier alpha value is -0.410. The summed E-state index contributed by atoms with van der Waals surface area (Å²) in [4.78, 5) is 0. The zero-order chi connectivity index (χ0) is 11.1. The van der Waals surface area contributed by atoms with Crippen molar-refractivity contribution in [2.45, 2.75) is 33.3 Å². The van der Waals surface area contributed by atoms with Crippen LogP contribution in [-0.4, -0.2) is 5.11 Å². The van der Waals surface area contributed by atoms with Crippen molar-refractivity contribution >= 4 is 15.9 Å². The molecular weight excluding hydrogens is 247 g/mol. The summed E-state index contributed by atoms with van der Waals surface area (Å²) in [5.41, 5.74) is 1.36. The Morgan fingerprint density at radius 2 is 1.86 bits per heavy atom. The van der Waals surface area contributed by atoms with Gasteiger partial charge in [0.15, 0.2) is 0 Å². The lowest BCUT2D eigenvalue weighted by Gasteiger charge is -2.23. The monoisotopic (exact) mass is 260 g/mol. The molecule has 0 aromatic heterocycles. The van der Waals surface area contributed by atoms with E-state index in [1.807, 2.05) is 13.8 Å². The summed E-state index contributed by atoms with van der Waals surface area (Å²) >= 11 is 3.17. The molecule has 0 unspecified atom stereocenters. The minimum atomic E-state index is -1.03. The van der Waals surface area contributed by atoms with E-state index in [2.05, 4.69) is 15.9 Å². The molecule has 0 aliphatic heterocycles. The van der Waals surface area contributed by atoms with Crippen LogP contribution in [-0.2, 0) is 5.60 Å². The van der Waals surface area contributed by atoms with Gasteiger partial charge in [-0.25, -0.2) is 4.39 Å². The first-order valence-electron chi connectivity index (χ1n) is 4.43. The van der Waals surface area contributed by atoms with Gasteiger partial charge in [-0.2, -0.15) is 0 Å². The van der Waals surface area contributed by atoms with Crippen LogP contribution in [0.2, 0.25) is 0 Å². The first kappa shape index (κ1) is 11.7. The molecule has 3 heteroatoms. The molecule has 0 aliphatic carbocycles. The van der Waals surface area contributed by atoms with Crippen LogP contribution < -0.4 is 0 Å². The van der Waals surface area contributed by atoms with Gasteiger partial charge in [0, 0.05) is 5.56 Å². The van der Waals surface area contributed by atoms with Gasteiger partial charge >= 0.3 is 0 Å². The fourth-order valence-corrected chi connectivity index (χ4v) is 2.47. The summed E-state index contributed by atoms with van der Waals surface area (Å²) in [7, 11) is 0. The van der Waals surface area contributed by atoms with Crippen LogP contribution in [0.4, 0.5) is 4.39 Å². The summed E-state index contributed by atoms with van der Waals surface area (Å²) in [6, 6.07) is 1.47. The molecule has 1 rings (SSSR count). The lowest BCUT2D eigenvalue weighted by Crippen LogP contribution is -2.19. The molecule has 0 heterocycles. The molecule has 1 aromatic rings. The van der Waals surface area contributed by atoms with E-state index in [1.165, 1.54) is 6.07 Å². The van der Waals surface area contributed by atoms with Crippen LogP contribution in [0.1, 0.15) is 30.5 Å². The SMILES string of the molecule is Cc1cc(F)c(Br)c(C(C)(C)O)c1C. The number of rotatable bonds is 1. The van der Waals surface area contributed by atoms with Crippen LogP contribution in [0.3, 0.4) is 0 Å². The second kappa shape index (κ2) is 3.63. The molecule has 0 saturated carbocycles. The summed E-state index contributed by atoms with van der Waals surface area (Å²) in [5, 5.41) is 9.90. The highest BCUT2D eigenvalue weighted by Crippen LogP contribution is 2.34. The van der Waals surface area contributed by atoms with E-state index >= 15 is 0 Å². The highest BCUT2D eigenvalue weighted by atomic mass is 79.9. The maximum absolute atomic E-state index is 13.4. The number of halogens is 2.